The molecule has 7 heteroatoms. The van der Waals surface area contributed by atoms with Gasteiger partial charge in [-0.05, 0) is 31.5 Å². The largest absolute Gasteiger partial charge is 0.386 e. The number of benzene rings is 1. The summed E-state index contributed by atoms with van der Waals surface area (Å²) in [6.45, 7) is 5.90. The molecule has 2 aliphatic rings. The Morgan fingerprint density at radius 1 is 1.20 bits per heavy atom. The fourth-order valence-corrected chi connectivity index (χ4v) is 4.70. The molecule has 2 N–H and O–H groups in total. The number of nitrogens with zero attached hydrogens (tertiary/aromatic N) is 3. The van der Waals surface area contributed by atoms with Crippen LogP contribution in [0.3, 0.4) is 0 Å². The minimum Gasteiger partial charge on any atom is -0.386 e. The third kappa shape index (κ3) is 1.63. The molecule has 3 rings (SSSR count). The highest BCUT2D eigenvalue weighted by Crippen LogP contribution is 2.85. The van der Waals surface area contributed by atoms with Crippen LogP contribution in [0.5, 0.6) is 0 Å². The monoisotopic (exact) mass is 358 g/mol. The second-order valence-corrected chi connectivity index (χ2v) is 6.74. The Balaban J connectivity index is 2.32. The molecule has 1 aromatic carbocycles. The van der Waals surface area contributed by atoms with Crippen LogP contribution in [0.1, 0.15) is 26.3 Å². The predicted octanol–water partition coefficient (Wildman–Crippen LogP) is 2.73. The lowest BCUT2D eigenvalue weighted by Gasteiger charge is -2.34. The molecule has 25 heavy (non-hydrogen) atoms. The van der Waals surface area contributed by atoms with E-state index in [0.29, 0.717) is 5.02 Å². The Labute approximate surface area is 151 Å². The third-order valence-electron chi connectivity index (χ3n) is 5.54. The summed E-state index contributed by atoms with van der Waals surface area (Å²) in [7, 11) is 0. The van der Waals surface area contributed by atoms with Gasteiger partial charge < -0.3 is 15.2 Å². The van der Waals surface area contributed by atoms with Gasteiger partial charge in [0.25, 0.3) is 5.91 Å². The molecular formula is C18H19ClN4O2. The Morgan fingerprint density at radius 2 is 1.84 bits per heavy atom. The van der Waals surface area contributed by atoms with Crippen molar-refractivity contribution in [3.63, 3.8) is 0 Å². The van der Waals surface area contributed by atoms with Gasteiger partial charge in [0.05, 0.1) is 12.1 Å². The Bertz CT molecular complexity index is 836. The highest BCUT2D eigenvalue weighted by Gasteiger charge is 2.99. The molecule has 1 saturated carbocycles. The van der Waals surface area contributed by atoms with E-state index < -0.39 is 22.2 Å². The fourth-order valence-electron chi connectivity index (χ4n) is 4.51. The molecule has 0 aromatic heterocycles. The van der Waals surface area contributed by atoms with Crippen LogP contribution in [0, 0.1) is 33.5 Å². The zero-order valence-electron chi connectivity index (χ0n) is 14.3. The highest BCUT2D eigenvalue weighted by molar-refractivity contribution is 6.30. The average Bonchev–Trinajstić information content (AvgIpc) is 3.01. The maximum atomic E-state index is 10.2. The fraction of sp³-hybridized carbons (Fsp3) is 0.500. The van der Waals surface area contributed by atoms with Crippen molar-refractivity contribution in [2.75, 3.05) is 13.2 Å². The van der Waals surface area contributed by atoms with Gasteiger partial charge in [-0.2, -0.15) is 10.5 Å². The Kier molecular flexibility index (Phi) is 3.85. The van der Waals surface area contributed by atoms with E-state index in [4.69, 9.17) is 26.8 Å². The SMILES string of the molecule is CCOC1(OCC)N=C(N)[C@@]2(C#N)[C@@](C)(c3cccc(Cl)c3)[C@@]12C#N. The number of ether oxygens (including phenoxy) is 2. The van der Waals surface area contributed by atoms with E-state index in [1.54, 1.807) is 32.0 Å². The molecule has 0 saturated heterocycles. The van der Waals surface area contributed by atoms with E-state index in [1.807, 2.05) is 13.0 Å². The van der Waals surface area contributed by atoms with Crippen molar-refractivity contribution in [3.8, 4) is 12.1 Å². The van der Waals surface area contributed by atoms with Crippen molar-refractivity contribution in [2.24, 2.45) is 21.6 Å². The number of amidine groups is 1. The summed E-state index contributed by atoms with van der Waals surface area (Å²) in [6.07, 6.45) is 0. The Morgan fingerprint density at radius 3 is 2.32 bits per heavy atom. The molecule has 1 aromatic rings. The van der Waals surface area contributed by atoms with Crippen molar-refractivity contribution in [2.45, 2.75) is 32.1 Å². The zero-order chi connectivity index (χ0) is 18.5. The van der Waals surface area contributed by atoms with Crippen LogP contribution in [0.15, 0.2) is 29.3 Å². The number of hydrogen-bond acceptors (Lipinski definition) is 6. The molecule has 3 atom stereocenters. The molecular weight excluding hydrogens is 340 g/mol. The van der Waals surface area contributed by atoms with Crippen molar-refractivity contribution in [3.05, 3.63) is 34.9 Å². The molecule has 1 heterocycles. The number of halogens is 1. The van der Waals surface area contributed by atoms with Gasteiger partial charge in [-0.25, -0.2) is 4.99 Å². The highest BCUT2D eigenvalue weighted by atomic mass is 35.5. The average molecular weight is 359 g/mol. The molecule has 1 aliphatic carbocycles. The Hall–Kier alpha value is -2.12. The summed E-state index contributed by atoms with van der Waals surface area (Å²) in [4.78, 5) is 4.33. The third-order valence-corrected chi connectivity index (χ3v) is 5.78. The molecule has 0 bridgehead atoms. The lowest BCUT2D eigenvalue weighted by molar-refractivity contribution is -0.257. The second kappa shape index (κ2) is 5.44. The summed E-state index contributed by atoms with van der Waals surface area (Å²) in [5.41, 5.74) is 3.21. The number of hydrogen-bond donors (Lipinski definition) is 1. The lowest BCUT2D eigenvalue weighted by Crippen LogP contribution is -2.46. The molecule has 0 amide bonds. The van der Waals surface area contributed by atoms with Crippen LogP contribution in [-0.2, 0) is 14.9 Å². The summed E-state index contributed by atoms with van der Waals surface area (Å²) >= 11 is 6.15. The normalized spacial score (nSPS) is 34.6. The standard InChI is InChI=1S/C18H19ClN4O2/c1-4-24-18(25-5-2)17(11-21)15(3,12-7-6-8-13(19)9-12)16(17,10-20)14(22)23-18/h6-9H,4-5H2,1-3H3,(H2,22,23)/t15-,16+,17-/m1/s1. The topological polar surface area (TPSA) is 104 Å². The first-order valence-electron chi connectivity index (χ1n) is 8.09. The first-order chi connectivity index (χ1) is 11.9. The molecule has 1 fully saturated rings. The minimum atomic E-state index is -1.62. The predicted molar refractivity (Wildman–Crippen MR) is 92.5 cm³/mol. The smallest absolute Gasteiger partial charge is 0.293 e. The molecule has 1 aliphatic heterocycles. The van der Waals surface area contributed by atoms with Crippen LogP contribution in [0.2, 0.25) is 5.02 Å². The van der Waals surface area contributed by atoms with Gasteiger partial charge in [-0.3, -0.25) is 0 Å². The summed E-state index contributed by atoms with van der Waals surface area (Å²) in [5.74, 6) is -1.57. The summed E-state index contributed by atoms with van der Waals surface area (Å²) < 4.78 is 11.7. The molecule has 6 nitrogen and oxygen atoms in total. The number of aliphatic imine (C=N–C) groups is 1. The van der Waals surface area contributed by atoms with Crippen molar-refractivity contribution < 1.29 is 9.47 Å². The van der Waals surface area contributed by atoms with Gasteiger partial charge in [0, 0.05) is 23.7 Å². The van der Waals surface area contributed by atoms with Gasteiger partial charge in [-0.15, -0.1) is 0 Å². The van der Waals surface area contributed by atoms with E-state index in [2.05, 4.69) is 17.1 Å². The lowest BCUT2D eigenvalue weighted by atomic mass is 9.84. The van der Waals surface area contributed by atoms with Crippen molar-refractivity contribution >= 4 is 17.4 Å². The number of rotatable bonds is 5. The molecule has 130 valence electrons. The van der Waals surface area contributed by atoms with E-state index in [-0.39, 0.29) is 19.0 Å². The van der Waals surface area contributed by atoms with E-state index >= 15 is 0 Å². The van der Waals surface area contributed by atoms with Gasteiger partial charge in [0.1, 0.15) is 5.84 Å². The number of fused-ring (bicyclic) bond motifs is 1. The first kappa shape index (κ1) is 17.7. The number of nitriles is 2. The van der Waals surface area contributed by atoms with Gasteiger partial charge in [-0.1, -0.05) is 30.7 Å². The van der Waals surface area contributed by atoms with Crippen LogP contribution in [-0.4, -0.2) is 25.0 Å². The van der Waals surface area contributed by atoms with Gasteiger partial charge in [0.2, 0.25) is 0 Å². The van der Waals surface area contributed by atoms with E-state index in [1.165, 1.54) is 0 Å². The van der Waals surface area contributed by atoms with Crippen LogP contribution in [0.4, 0.5) is 0 Å². The van der Waals surface area contributed by atoms with Crippen molar-refractivity contribution in [1.29, 1.82) is 10.5 Å². The molecule has 0 unspecified atom stereocenters. The maximum Gasteiger partial charge on any atom is 0.293 e. The van der Waals surface area contributed by atoms with Gasteiger partial charge >= 0.3 is 0 Å². The van der Waals surface area contributed by atoms with Crippen LogP contribution >= 0.6 is 11.6 Å². The van der Waals surface area contributed by atoms with Crippen LogP contribution < -0.4 is 5.73 Å². The molecule has 0 radical (unpaired) electrons. The minimum absolute atomic E-state index is 0.0564. The second-order valence-electron chi connectivity index (χ2n) is 6.30. The van der Waals surface area contributed by atoms with E-state index in [0.717, 1.165) is 5.56 Å². The van der Waals surface area contributed by atoms with E-state index in [9.17, 15) is 10.5 Å². The summed E-state index contributed by atoms with van der Waals surface area (Å²) in [6, 6.07) is 11.6. The van der Waals surface area contributed by atoms with Gasteiger partial charge in [0.15, 0.2) is 10.8 Å². The van der Waals surface area contributed by atoms with Crippen LogP contribution in [0.25, 0.3) is 0 Å². The quantitative estimate of drug-likeness (QED) is 0.815. The van der Waals surface area contributed by atoms with Crippen molar-refractivity contribution in [1.82, 2.24) is 0 Å². The number of nitrogens with two attached hydrogens (primary N) is 1. The maximum absolute atomic E-state index is 10.2. The summed E-state index contributed by atoms with van der Waals surface area (Å²) in [5, 5.41) is 20.8. The zero-order valence-corrected chi connectivity index (χ0v) is 15.1. The first-order valence-corrected chi connectivity index (χ1v) is 8.47. The molecule has 0 spiro atoms.